The number of fused-ring (bicyclic) bond motifs is 6. The van der Waals surface area contributed by atoms with Crippen molar-refractivity contribution in [3.63, 3.8) is 0 Å². The summed E-state index contributed by atoms with van der Waals surface area (Å²) in [6.45, 7) is 4.80. The number of aryl methyl sites for hydroxylation is 8. The molecule has 0 bridgehead atoms. The molecule has 29 nitrogen and oxygen atoms in total. The molecule has 42 heteroatoms. The lowest BCUT2D eigenvalue weighted by molar-refractivity contribution is -0.0477. The van der Waals surface area contributed by atoms with Crippen LogP contribution >= 0.6 is 54.5 Å². The molecule has 0 radical (unpaired) electrons. The third-order valence-corrected chi connectivity index (χ3v) is 28.6. The molecule has 149 heavy (non-hydrogen) atoms. The number of carboxylic acids is 1. The Labute approximate surface area is 893 Å². The number of carbonyl (C=O) groups is 2. The molecule has 0 unspecified atom stereocenters. The number of aromatic carboxylic acids is 1. The van der Waals surface area contributed by atoms with Gasteiger partial charge in [-0.2, -0.15) is 0 Å². The molecule has 6 aliphatic carbocycles. The van der Waals surface area contributed by atoms with E-state index in [1.807, 2.05) is 13.0 Å². The highest BCUT2D eigenvalue weighted by atomic mass is 127. The fourth-order valence-electron chi connectivity index (χ4n) is 19.0. The maximum absolute atomic E-state index is 13.8. The van der Waals surface area contributed by atoms with Crippen LogP contribution in [-0.4, -0.2) is 157 Å². The van der Waals surface area contributed by atoms with Crippen LogP contribution in [0.25, 0.3) is 129 Å². The number of rotatable bonds is 18. The average Bonchev–Trinajstić information content (AvgIpc) is 1.60. The van der Waals surface area contributed by atoms with Crippen molar-refractivity contribution in [1.82, 2.24) is 103 Å². The molecule has 0 spiro atoms. The molecule has 5 saturated carbocycles. The van der Waals surface area contributed by atoms with E-state index < -0.39 is 104 Å². The molecular weight excluding hydrogens is 2180 g/mol. The molecule has 1 N–H and O–H groups in total. The van der Waals surface area contributed by atoms with E-state index in [2.05, 4.69) is 131 Å². The summed E-state index contributed by atoms with van der Waals surface area (Å²) >= 11 is 8.58. The van der Waals surface area contributed by atoms with Crippen molar-refractivity contribution in [2.24, 2.45) is 29.6 Å². The van der Waals surface area contributed by atoms with E-state index in [0.29, 0.717) is 157 Å². The fraction of sp³-hybridized carbons (Fsp3) is 0.421. The smallest absolute Gasteiger partial charge is 0.337 e. The first kappa shape index (κ1) is 93.4. The van der Waals surface area contributed by atoms with E-state index >= 15 is 0 Å². The summed E-state index contributed by atoms with van der Waals surface area (Å²) < 4.78 is 258. The minimum atomic E-state index is -2.78. The van der Waals surface area contributed by atoms with Gasteiger partial charge >= 0.3 is 11.9 Å². The predicted octanol–water partition coefficient (Wildman–Crippen LogP) is 27.4. The molecule has 2 aromatic carbocycles. The maximum Gasteiger partial charge on any atom is 0.337 e. The van der Waals surface area contributed by atoms with Gasteiger partial charge in [0.1, 0.15) is 59.8 Å². The first-order valence-electron chi connectivity index (χ1n) is 53.4. The van der Waals surface area contributed by atoms with Gasteiger partial charge in [-0.05, 0) is 257 Å². The quantitative estimate of drug-likeness (QED) is 0.0473. The number of carboxylic acid groups (broad SMARTS) is 1. The second kappa shape index (κ2) is 44.3. The third-order valence-electron chi connectivity index (χ3n) is 27.0. The van der Waals surface area contributed by atoms with Gasteiger partial charge in [0.25, 0.3) is 0 Å². The number of carbonyl (C=O) groups excluding carboxylic acids is 1. The Morgan fingerprint density at radius 2 is 0.711 bits per heavy atom. The second-order valence-corrected chi connectivity index (χ2v) is 40.7. The zero-order chi connectivity index (χ0) is 114. The lowest BCUT2D eigenvalue weighted by Crippen LogP contribution is -2.26. The van der Waals surface area contributed by atoms with Gasteiger partial charge in [0.15, 0.2) is 28.2 Å². The molecule has 0 saturated heterocycles. The number of esters is 1. The van der Waals surface area contributed by atoms with Crippen molar-refractivity contribution >= 4 is 128 Å². The van der Waals surface area contributed by atoms with Crippen LogP contribution < -0.4 is 0 Å². The number of halogens is 13. The van der Waals surface area contributed by atoms with Crippen molar-refractivity contribution in [3.05, 3.63) is 216 Å². The molecule has 780 valence electrons. The van der Waals surface area contributed by atoms with Gasteiger partial charge in [-0.1, -0.05) is 51.0 Å². The summed E-state index contributed by atoms with van der Waals surface area (Å²) in [5.74, 6) is -15.5. The number of benzene rings is 2. The molecule has 15 heterocycles. The van der Waals surface area contributed by atoms with Crippen LogP contribution in [0.1, 0.15) is 220 Å². The van der Waals surface area contributed by atoms with Crippen LogP contribution in [0.2, 0.25) is 0 Å². The van der Waals surface area contributed by atoms with Crippen molar-refractivity contribution in [3.8, 4) is 67.3 Å². The summed E-state index contributed by atoms with van der Waals surface area (Å²) in [5.41, 5.74) is 16.8. The molecule has 0 atom stereocenters. The van der Waals surface area contributed by atoms with E-state index in [1.165, 1.54) is 42.1 Å². The van der Waals surface area contributed by atoms with Gasteiger partial charge in [0, 0.05) is 145 Å². The number of hydrogen-bond donors (Lipinski definition) is 1. The van der Waals surface area contributed by atoms with E-state index in [4.69, 9.17) is 46.5 Å². The highest BCUT2D eigenvalue weighted by molar-refractivity contribution is 14.1. The standard InChI is InChI=1S/C26H26F2N4O3.C25H24F2N4O3.C18H19F2IN4O.C18H20F2N4O.C13H14BrF2N3.C7H5BrN2/c1-15-22(16(2)35-31-15)21-12-29-23-20(18-4-6-19(7-5-18)25(33)34-3)14-32(24(23)30-21)13-17-8-10-26(27,28)11-9-17;1-14-21(15(2)34-30-14)20-11-28-22-19(17-3-5-18(6-4-17)24(32)33)13-31(23(22)29-20)12-16-7-9-25(26,27)10-8-16;1-10-15(11(2)26-24-10)14-7-22-16-13(21)9-25(17(16)23-14)8-12-3-5-18(19,20)6-4-12;1-11-16(12(2)25-23-11)15-9-21-14-5-8-24(17(14)22-15)10-13-3-6-18(19,20)7-4-13;14-11-7-17-10-3-6-19(12(10)18-11)8-9-1-4-13(15,16)5-2-9;8-7-4-9-5-2-1-3-6(5)10-7/h4-7,12,14,17H,8-11,13H2,1-3H3;3-6,11,13,16H,7-10,12H2,1-2H3,(H,32,33);7,9,12H,3-6,8H2,1-2H3;5,8-9,13H,3-4,6-7,10H2,1-2H3;3,6-7,9H,1-2,4-5,8H2;1-2,4H,3H2/i13D2;12D2;8D2;10D2;8D2;. The number of methoxy groups -OCH3 is 1. The van der Waals surface area contributed by atoms with Crippen LogP contribution in [0.4, 0.5) is 43.9 Å². The number of nitrogens with zero attached hydrogens (tertiary/aromatic N) is 21. The summed E-state index contributed by atoms with van der Waals surface area (Å²) in [4.78, 5) is 76.8. The molecule has 5 fully saturated rings. The van der Waals surface area contributed by atoms with Crippen LogP contribution in [0.3, 0.4) is 0 Å². The van der Waals surface area contributed by atoms with E-state index in [9.17, 15) is 58.6 Å². The topological polar surface area (TPSA) is 347 Å². The average molecular weight is 2300 g/mol. The summed E-state index contributed by atoms with van der Waals surface area (Å²) in [6, 6.07) is 16.2. The molecular formula is C107H108Br2F10IN21O8. The lowest BCUT2D eigenvalue weighted by atomic mass is 9.87. The van der Waals surface area contributed by atoms with E-state index in [0.717, 1.165) is 37.1 Å². The molecule has 23 rings (SSSR count). The number of alkyl halides is 10. The molecule has 0 aliphatic heterocycles. The van der Waals surface area contributed by atoms with Crippen LogP contribution in [0, 0.1) is 88.5 Å². The largest absolute Gasteiger partial charge is 0.478 e. The fourth-order valence-corrected chi connectivity index (χ4v) is 20.3. The third kappa shape index (κ3) is 24.7. The van der Waals surface area contributed by atoms with Gasteiger partial charge in [0.2, 0.25) is 29.6 Å². The van der Waals surface area contributed by atoms with Crippen LogP contribution in [0.15, 0.2) is 162 Å². The predicted molar refractivity (Wildman–Crippen MR) is 554 cm³/mol. The van der Waals surface area contributed by atoms with Crippen LogP contribution in [-0.2, 0) is 43.6 Å². The van der Waals surface area contributed by atoms with Gasteiger partial charge < -0.3 is 50.8 Å². The summed E-state index contributed by atoms with van der Waals surface area (Å²) in [6.07, 6.45) is 20.6. The minimum absolute atomic E-state index is 0.0410. The second-order valence-electron chi connectivity index (χ2n) is 37.9. The molecule has 6 aliphatic rings. The first-order chi connectivity index (χ1) is 74.9. The Balaban J connectivity index is 0.000000127. The Morgan fingerprint density at radius 1 is 0.403 bits per heavy atom. The maximum atomic E-state index is 13.8. The Bertz CT molecular complexity index is 8200. The van der Waals surface area contributed by atoms with Crippen molar-refractivity contribution in [2.45, 2.75) is 252 Å². The Morgan fingerprint density at radius 3 is 1.07 bits per heavy atom. The highest BCUT2D eigenvalue weighted by Crippen LogP contribution is 2.46. The zero-order valence-corrected chi connectivity index (χ0v) is 87.5. The van der Waals surface area contributed by atoms with Gasteiger partial charge in [0.05, 0.1) is 152 Å². The van der Waals surface area contributed by atoms with E-state index in [1.54, 1.807) is 165 Å². The highest BCUT2D eigenvalue weighted by Gasteiger charge is 2.41. The summed E-state index contributed by atoms with van der Waals surface area (Å²) in [5, 5.41) is 25.0. The van der Waals surface area contributed by atoms with E-state index in [-0.39, 0.29) is 145 Å². The van der Waals surface area contributed by atoms with Crippen molar-refractivity contribution < 1.29 is 95.1 Å². The van der Waals surface area contributed by atoms with Crippen molar-refractivity contribution in [2.75, 3.05) is 7.11 Å². The normalized spacial score (nSPS) is 18.6. The number of aromatic nitrogens is 21. The van der Waals surface area contributed by atoms with Gasteiger partial charge in [-0.3, -0.25) is 15.0 Å². The number of allylic oxidation sites excluding steroid dienone is 1. The monoisotopic (exact) mass is 2300 g/mol. The number of ether oxygens (including phenoxy) is 1. The molecule has 0 amide bonds. The molecule has 17 aromatic rings. The Kier molecular flexibility index (Phi) is 27.8. The number of hydrogen-bond acceptors (Lipinski definition) is 23. The Hall–Kier alpha value is -12.9. The van der Waals surface area contributed by atoms with Crippen molar-refractivity contribution in [1.29, 1.82) is 0 Å². The minimum Gasteiger partial charge on any atom is -0.478 e. The SMILES string of the molecule is Brc1cnc2c(n1)CC=C2.[2H]C([2H])(C1CCC(F)(F)CC1)n1cc(-c2ccc(C(=O)O)cc2)c2ncc(-c3c(C)noc3C)nc21.[2H]C([2H])(C1CCC(F)(F)CC1)n1cc(-c2ccc(C(=O)OC)cc2)c2ncc(-c3c(C)noc3C)nc21.[2H]C([2H])(C1CCC(F)(F)CC1)n1cc(I)c2ncc(-c3c(C)noc3C)nc21.[2H]C([2H])(C1CCC(F)(F)CC1)n1ccc2ncc(-c3c(C)noc3C)nc21.[2H]C([2H])(C1CCC(F)(F)CC1)n1ccc2ncc(Br)nc21. The first-order valence-corrected chi connectivity index (χ1v) is 51.1. The summed E-state index contributed by atoms with van der Waals surface area (Å²) in [7, 11) is 1.30. The lowest BCUT2D eigenvalue weighted by Gasteiger charge is -2.28. The van der Waals surface area contributed by atoms with Gasteiger partial charge in [-0.15, -0.1) is 0 Å². The molecule has 15 aromatic heterocycles. The zero-order valence-electron chi connectivity index (χ0n) is 92.1. The van der Waals surface area contributed by atoms with Gasteiger partial charge in [-0.25, -0.2) is 98.3 Å². The van der Waals surface area contributed by atoms with Crippen LogP contribution in [0.5, 0.6) is 0 Å².